The van der Waals surface area contributed by atoms with Crippen LogP contribution in [0.25, 0.3) is 0 Å². The minimum absolute atomic E-state index is 0.0780. The summed E-state index contributed by atoms with van der Waals surface area (Å²) >= 11 is 0. The van der Waals surface area contributed by atoms with Gasteiger partial charge >= 0.3 is 12.0 Å². The molecule has 1 unspecified atom stereocenters. The molecule has 0 aromatic heterocycles. The van der Waals surface area contributed by atoms with Gasteiger partial charge in [0.1, 0.15) is 0 Å². The molecular weight excluding hydrogens is 346 g/mol. The van der Waals surface area contributed by atoms with Gasteiger partial charge in [-0.05, 0) is 51.2 Å². The fourth-order valence-corrected chi connectivity index (χ4v) is 4.46. The first kappa shape index (κ1) is 19.4. The van der Waals surface area contributed by atoms with E-state index in [9.17, 15) is 19.5 Å². The molecule has 0 bridgehead atoms. The van der Waals surface area contributed by atoms with Gasteiger partial charge in [-0.25, -0.2) is 4.79 Å². The number of anilines is 1. The number of aliphatic carboxylic acids is 1. The molecule has 3 amide bonds. The van der Waals surface area contributed by atoms with Crippen LogP contribution in [0, 0.1) is 25.2 Å². The number of hydrogen-bond donors (Lipinski definition) is 3. The SMILES string of the molecule is Cc1ccc(NC(=O)NC(=O)C(C)N2C[C@@H]3CCC[C@@]3(C(=O)O)C2)c(C)c1. The summed E-state index contributed by atoms with van der Waals surface area (Å²) in [6.07, 6.45) is 2.46. The first-order valence-electron chi connectivity index (χ1n) is 9.39. The molecule has 27 heavy (non-hydrogen) atoms. The van der Waals surface area contributed by atoms with Gasteiger partial charge < -0.3 is 10.4 Å². The molecule has 146 valence electrons. The van der Waals surface area contributed by atoms with Crippen LogP contribution in [0.15, 0.2) is 18.2 Å². The van der Waals surface area contributed by atoms with E-state index in [1.54, 1.807) is 13.0 Å². The maximum Gasteiger partial charge on any atom is 0.325 e. The van der Waals surface area contributed by atoms with E-state index >= 15 is 0 Å². The first-order chi connectivity index (χ1) is 12.7. The third-order valence-corrected chi connectivity index (χ3v) is 6.12. The standard InChI is InChI=1S/C20H27N3O4/c1-12-6-7-16(13(2)9-12)21-19(27)22-17(24)14(3)23-10-15-5-4-8-20(15,11-23)18(25)26/h6-7,9,14-15H,4-5,8,10-11H2,1-3H3,(H,25,26)(H2,21,22,24,27)/t14?,15-,20+/m0/s1. The van der Waals surface area contributed by atoms with Crippen molar-refractivity contribution in [3.05, 3.63) is 29.3 Å². The first-order valence-corrected chi connectivity index (χ1v) is 9.39. The number of nitrogens with zero attached hydrogens (tertiary/aromatic N) is 1. The summed E-state index contributed by atoms with van der Waals surface area (Å²) in [7, 11) is 0. The molecule has 7 heteroatoms. The quantitative estimate of drug-likeness (QED) is 0.753. The molecule has 1 saturated carbocycles. The van der Waals surface area contributed by atoms with Crippen molar-refractivity contribution in [1.82, 2.24) is 10.2 Å². The molecule has 3 atom stereocenters. The smallest absolute Gasteiger partial charge is 0.325 e. The van der Waals surface area contributed by atoms with Gasteiger partial charge in [0, 0.05) is 18.8 Å². The van der Waals surface area contributed by atoms with Crippen LogP contribution in [0.3, 0.4) is 0 Å². The van der Waals surface area contributed by atoms with Crippen LogP contribution in [-0.4, -0.2) is 47.0 Å². The zero-order valence-electron chi connectivity index (χ0n) is 16.0. The fraction of sp³-hybridized carbons (Fsp3) is 0.550. The van der Waals surface area contributed by atoms with E-state index in [-0.39, 0.29) is 5.92 Å². The molecule has 3 N–H and O–H groups in total. The van der Waals surface area contributed by atoms with E-state index < -0.39 is 29.4 Å². The Balaban J connectivity index is 1.59. The fourth-order valence-electron chi connectivity index (χ4n) is 4.46. The molecule has 2 aliphatic rings. The van der Waals surface area contributed by atoms with E-state index in [1.807, 2.05) is 30.9 Å². The monoisotopic (exact) mass is 373 g/mol. The highest BCUT2D eigenvalue weighted by molar-refractivity contribution is 6.03. The van der Waals surface area contributed by atoms with E-state index in [1.165, 1.54) is 0 Å². The predicted octanol–water partition coefficient (Wildman–Crippen LogP) is 2.53. The number of amides is 3. The highest BCUT2D eigenvalue weighted by atomic mass is 16.4. The zero-order valence-corrected chi connectivity index (χ0v) is 16.0. The molecule has 3 rings (SSSR count). The Bertz CT molecular complexity index is 778. The van der Waals surface area contributed by atoms with Crippen LogP contribution in [0.1, 0.15) is 37.3 Å². The summed E-state index contributed by atoms with van der Waals surface area (Å²) in [5, 5.41) is 14.7. The number of aryl methyl sites for hydroxylation is 2. The molecule has 1 saturated heterocycles. The number of nitrogens with one attached hydrogen (secondary N) is 2. The third kappa shape index (κ3) is 3.69. The highest BCUT2D eigenvalue weighted by Crippen LogP contribution is 2.49. The van der Waals surface area contributed by atoms with Gasteiger partial charge in [0.15, 0.2) is 0 Å². The molecule has 1 aromatic carbocycles. The lowest BCUT2D eigenvalue weighted by Gasteiger charge is -2.26. The molecular formula is C20H27N3O4. The largest absolute Gasteiger partial charge is 0.481 e. The molecule has 1 heterocycles. The number of carbonyl (C=O) groups is 3. The number of carboxylic acids is 1. The number of rotatable bonds is 4. The van der Waals surface area contributed by atoms with Gasteiger partial charge in [-0.3, -0.25) is 19.8 Å². The summed E-state index contributed by atoms with van der Waals surface area (Å²) in [6.45, 7) is 6.52. The van der Waals surface area contributed by atoms with Crippen LogP contribution in [0.5, 0.6) is 0 Å². The second-order valence-electron chi connectivity index (χ2n) is 7.92. The molecule has 0 spiro atoms. The van der Waals surface area contributed by atoms with E-state index in [0.29, 0.717) is 25.2 Å². The summed E-state index contributed by atoms with van der Waals surface area (Å²) in [6, 6.07) is 4.51. The Labute approximate surface area is 159 Å². The van der Waals surface area contributed by atoms with Crippen LogP contribution < -0.4 is 10.6 Å². The highest BCUT2D eigenvalue weighted by Gasteiger charge is 2.55. The summed E-state index contributed by atoms with van der Waals surface area (Å²) < 4.78 is 0. The lowest BCUT2D eigenvalue weighted by Crippen LogP contribution is -2.48. The zero-order chi connectivity index (χ0) is 19.8. The normalized spacial score (nSPS) is 25.7. The number of likely N-dealkylation sites (tertiary alicyclic amines) is 1. The lowest BCUT2D eigenvalue weighted by atomic mass is 9.81. The molecule has 0 radical (unpaired) electrons. The molecule has 1 aromatic rings. The van der Waals surface area contributed by atoms with Crippen molar-refractivity contribution in [3.63, 3.8) is 0 Å². The number of carboxylic acid groups (broad SMARTS) is 1. The average molecular weight is 373 g/mol. The second-order valence-corrected chi connectivity index (χ2v) is 7.92. The van der Waals surface area contributed by atoms with Gasteiger partial charge in [-0.2, -0.15) is 0 Å². The van der Waals surface area contributed by atoms with Crippen molar-refractivity contribution in [2.75, 3.05) is 18.4 Å². The summed E-state index contributed by atoms with van der Waals surface area (Å²) in [5.74, 6) is -1.11. The van der Waals surface area contributed by atoms with Crippen LogP contribution in [-0.2, 0) is 9.59 Å². The van der Waals surface area contributed by atoms with Crippen molar-refractivity contribution in [2.24, 2.45) is 11.3 Å². The number of carbonyl (C=O) groups excluding carboxylic acids is 2. The van der Waals surface area contributed by atoms with Crippen molar-refractivity contribution in [1.29, 1.82) is 0 Å². The van der Waals surface area contributed by atoms with Gasteiger partial charge in [0.2, 0.25) is 5.91 Å². The van der Waals surface area contributed by atoms with Crippen LogP contribution in [0.2, 0.25) is 0 Å². The van der Waals surface area contributed by atoms with E-state index in [2.05, 4.69) is 10.6 Å². The number of hydrogen-bond acceptors (Lipinski definition) is 4. The Hall–Kier alpha value is -2.41. The molecule has 1 aliphatic heterocycles. The molecule has 1 aliphatic carbocycles. The number of benzene rings is 1. The maximum atomic E-state index is 12.5. The van der Waals surface area contributed by atoms with Gasteiger partial charge in [0.05, 0.1) is 11.5 Å². The van der Waals surface area contributed by atoms with Crippen molar-refractivity contribution in [2.45, 2.75) is 46.1 Å². The number of urea groups is 1. The van der Waals surface area contributed by atoms with Gasteiger partial charge in [-0.15, -0.1) is 0 Å². The van der Waals surface area contributed by atoms with E-state index in [0.717, 1.165) is 24.0 Å². The van der Waals surface area contributed by atoms with Crippen molar-refractivity contribution >= 4 is 23.6 Å². The Morgan fingerprint density at radius 2 is 2.04 bits per heavy atom. The summed E-state index contributed by atoms with van der Waals surface area (Å²) in [5.41, 5.74) is 1.92. The lowest BCUT2D eigenvalue weighted by molar-refractivity contribution is -0.149. The maximum absolute atomic E-state index is 12.5. The van der Waals surface area contributed by atoms with Gasteiger partial charge in [-0.1, -0.05) is 24.1 Å². The Morgan fingerprint density at radius 1 is 1.30 bits per heavy atom. The predicted molar refractivity (Wildman–Crippen MR) is 102 cm³/mol. The summed E-state index contributed by atoms with van der Waals surface area (Å²) in [4.78, 5) is 38.4. The van der Waals surface area contributed by atoms with Crippen LogP contribution in [0.4, 0.5) is 10.5 Å². The average Bonchev–Trinajstić information content (AvgIpc) is 3.15. The van der Waals surface area contributed by atoms with Crippen LogP contribution >= 0.6 is 0 Å². The number of fused-ring (bicyclic) bond motifs is 1. The Morgan fingerprint density at radius 3 is 2.67 bits per heavy atom. The van der Waals surface area contributed by atoms with Crippen molar-refractivity contribution < 1.29 is 19.5 Å². The Kier molecular flexibility index (Phi) is 5.24. The van der Waals surface area contributed by atoms with Gasteiger partial charge in [0.25, 0.3) is 0 Å². The number of imide groups is 1. The topological polar surface area (TPSA) is 98.7 Å². The molecule has 7 nitrogen and oxygen atoms in total. The van der Waals surface area contributed by atoms with E-state index in [4.69, 9.17) is 0 Å². The molecule has 2 fully saturated rings. The third-order valence-electron chi connectivity index (χ3n) is 6.12. The minimum Gasteiger partial charge on any atom is -0.481 e. The minimum atomic E-state index is -0.771. The van der Waals surface area contributed by atoms with Crippen molar-refractivity contribution in [3.8, 4) is 0 Å². The second kappa shape index (κ2) is 7.31.